The number of hydrogen-bond donors (Lipinski definition) is 4. The molecule has 0 aliphatic carbocycles. The number of carbonyl (C=O) groups is 2. The Hall–Kier alpha value is -3.07. The highest BCUT2D eigenvalue weighted by Gasteiger charge is 2.34. The number of hydrogen-bond acceptors (Lipinski definition) is 9. The summed E-state index contributed by atoms with van der Waals surface area (Å²) in [5, 5.41) is 16.3. The van der Waals surface area contributed by atoms with Gasteiger partial charge in [-0.1, -0.05) is 23.2 Å². The van der Waals surface area contributed by atoms with Crippen LogP contribution in [0, 0.1) is 0 Å². The van der Waals surface area contributed by atoms with Crippen molar-refractivity contribution in [3.63, 3.8) is 0 Å². The van der Waals surface area contributed by atoms with Gasteiger partial charge in [0.2, 0.25) is 0 Å². The number of anilines is 2. The zero-order valence-electron chi connectivity index (χ0n) is 17.7. The van der Waals surface area contributed by atoms with Gasteiger partial charge in [0, 0.05) is 12.7 Å². The fourth-order valence-electron chi connectivity index (χ4n) is 2.65. The summed E-state index contributed by atoms with van der Waals surface area (Å²) in [6.45, 7) is 1.60. The summed E-state index contributed by atoms with van der Waals surface area (Å²) in [5.41, 5.74) is -1.25. The van der Waals surface area contributed by atoms with Gasteiger partial charge < -0.3 is 21.1 Å². The lowest BCUT2D eigenvalue weighted by Crippen LogP contribution is -2.28. The summed E-state index contributed by atoms with van der Waals surface area (Å²) in [6.07, 6.45) is -1.58. The van der Waals surface area contributed by atoms with Crippen LogP contribution in [0.5, 0.6) is 0 Å². The maximum absolute atomic E-state index is 13.0. The molecule has 3 aromatic heterocycles. The normalized spacial score (nSPS) is 12.2. The lowest BCUT2D eigenvalue weighted by atomic mass is 10.2. The molecule has 186 valence electrons. The molecule has 2 amide bonds. The number of nitrogens with zero attached hydrogens (tertiary/aromatic N) is 4. The Labute approximate surface area is 209 Å². The van der Waals surface area contributed by atoms with E-state index in [1.165, 1.54) is 6.20 Å². The van der Waals surface area contributed by atoms with E-state index >= 15 is 0 Å². The minimum Gasteiger partial charge on any atom is -0.395 e. The van der Waals surface area contributed by atoms with Crippen molar-refractivity contribution < 1.29 is 27.9 Å². The second kappa shape index (κ2) is 11.1. The number of halogens is 5. The third-order valence-electron chi connectivity index (χ3n) is 4.28. The van der Waals surface area contributed by atoms with E-state index < -0.39 is 34.6 Å². The summed E-state index contributed by atoms with van der Waals surface area (Å²) >= 11 is 12.6. The van der Waals surface area contributed by atoms with Gasteiger partial charge >= 0.3 is 6.18 Å². The van der Waals surface area contributed by atoms with Crippen LogP contribution in [0.25, 0.3) is 0 Å². The molecule has 0 aliphatic heterocycles. The molecule has 0 saturated carbocycles. The molecule has 0 aromatic carbocycles. The van der Waals surface area contributed by atoms with Crippen molar-refractivity contribution in [1.29, 1.82) is 0 Å². The number of rotatable bonds is 8. The van der Waals surface area contributed by atoms with Gasteiger partial charge in [0.1, 0.15) is 32.9 Å². The summed E-state index contributed by atoms with van der Waals surface area (Å²) in [7, 11) is 0. The number of aliphatic hydroxyl groups is 1. The van der Waals surface area contributed by atoms with Gasteiger partial charge in [0.15, 0.2) is 5.69 Å². The molecule has 3 aromatic rings. The molecule has 0 bridgehead atoms. The minimum absolute atomic E-state index is 0.0430. The van der Waals surface area contributed by atoms with E-state index in [-0.39, 0.29) is 40.4 Å². The van der Waals surface area contributed by atoms with Crippen molar-refractivity contribution in [3.05, 3.63) is 56.0 Å². The predicted molar refractivity (Wildman–Crippen MR) is 123 cm³/mol. The van der Waals surface area contributed by atoms with Crippen molar-refractivity contribution in [1.82, 2.24) is 25.3 Å². The minimum atomic E-state index is -4.72. The van der Waals surface area contributed by atoms with Crippen LogP contribution >= 0.6 is 34.5 Å². The number of carbonyl (C=O) groups excluding carboxylic acids is 2. The molecule has 16 heteroatoms. The van der Waals surface area contributed by atoms with E-state index in [2.05, 4.69) is 35.9 Å². The van der Waals surface area contributed by atoms with Gasteiger partial charge in [0.05, 0.1) is 29.4 Å². The van der Waals surface area contributed by atoms with E-state index in [0.717, 1.165) is 23.9 Å². The van der Waals surface area contributed by atoms with Gasteiger partial charge in [-0.05, 0) is 13.0 Å². The highest BCUT2D eigenvalue weighted by Crippen LogP contribution is 2.35. The summed E-state index contributed by atoms with van der Waals surface area (Å²) in [5.74, 6) is -1.55. The van der Waals surface area contributed by atoms with E-state index in [1.54, 1.807) is 6.92 Å². The molecule has 0 spiro atoms. The number of aromatic nitrogens is 4. The third kappa shape index (κ3) is 6.54. The van der Waals surface area contributed by atoms with Crippen LogP contribution in [-0.4, -0.2) is 50.0 Å². The average Bonchev–Trinajstić information content (AvgIpc) is 3.29. The first-order chi connectivity index (χ1) is 16.5. The molecule has 0 radical (unpaired) electrons. The molecule has 10 nitrogen and oxygen atoms in total. The van der Waals surface area contributed by atoms with Crippen LogP contribution in [0.15, 0.2) is 24.8 Å². The number of aliphatic hydroxyl groups excluding tert-OH is 1. The van der Waals surface area contributed by atoms with Crippen LogP contribution in [0.2, 0.25) is 10.0 Å². The van der Waals surface area contributed by atoms with Crippen molar-refractivity contribution in [2.75, 3.05) is 23.8 Å². The smallest absolute Gasteiger partial charge is 0.395 e. The Kier molecular flexibility index (Phi) is 8.43. The molecule has 4 N–H and O–H groups in total. The molecule has 3 heterocycles. The van der Waals surface area contributed by atoms with Crippen LogP contribution in [0.3, 0.4) is 0 Å². The molecule has 0 saturated heterocycles. The quantitative estimate of drug-likeness (QED) is 0.332. The first-order valence-corrected chi connectivity index (χ1v) is 11.2. The van der Waals surface area contributed by atoms with Crippen molar-refractivity contribution in [3.8, 4) is 0 Å². The lowest BCUT2D eigenvalue weighted by molar-refractivity contribution is -0.137. The Morgan fingerprint density at radius 3 is 2.57 bits per heavy atom. The molecule has 0 fully saturated rings. The standard InChI is InChI=1S/C19H16Cl2F3N7O3S/c1-8(30-17(34)14-13(21)15(25-2-3-32)29-7-28-14)18-27-6-11(35-18)16(33)31-12-4-9(19(22,23)24)10(20)5-26-12/h4-8,32H,2-3H2,1H3,(H,30,34)(H,25,28,29)(H,26,31,33). The summed E-state index contributed by atoms with van der Waals surface area (Å²) in [6, 6.07) is -0.0420. The fraction of sp³-hybridized carbons (Fsp3) is 0.263. The van der Waals surface area contributed by atoms with E-state index in [4.69, 9.17) is 28.3 Å². The Balaban J connectivity index is 1.69. The Bertz CT molecular complexity index is 1240. The Morgan fingerprint density at radius 2 is 1.89 bits per heavy atom. The van der Waals surface area contributed by atoms with Gasteiger partial charge in [-0.15, -0.1) is 11.3 Å². The number of alkyl halides is 3. The lowest BCUT2D eigenvalue weighted by Gasteiger charge is -2.13. The maximum atomic E-state index is 13.0. The number of nitrogens with one attached hydrogen (secondary N) is 3. The van der Waals surface area contributed by atoms with E-state index in [0.29, 0.717) is 11.1 Å². The molecule has 3 rings (SSSR count). The molecule has 0 aliphatic rings. The van der Waals surface area contributed by atoms with Crippen molar-refractivity contribution >= 4 is 58.0 Å². The van der Waals surface area contributed by atoms with Crippen LogP contribution in [0.4, 0.5) is 24.8 Å². The largest absolute Gasteiger partial charge is 0.418 e. The Morgan fingerprint density at radius 1 is 1.14 bits per heavy atom. The third-order valence-corrected chi connectivity index (χ3v) is 6.11. The average molecular weight is 550 g/mol. The molecular formula is C19H16Cl2F3N7O3S. The number of pyridine rings is 1. The molecular weight excluding hydrogens is 534 g/mol. The highest BCUT2D eigenvalue weighted by molar-refractivity contribution is 7.13. The molecule has 1 atom stereocenters. The highest BCUT2D eigenvalue weighted by atomic mass is 35.5. The zero-order chi connectivity index (χ0) is 25.8. The van der Waals surface area contributed by atoms with Crippen LogP contribution < -0.4 is 16.0 Å². The first kappa shape index (κ1) is 26.5. The monoisotopic (exact) mass is 549 g/mol. The second-order valence-electron chi connectivity index (χ2n) is 6.79. The number of thiazole rings is 1. The topological polar surface area (TPSA) is 142 Å². The van der Waals surface area contributed by atoms with Crippen molar-refractivity contribution in [2.24, 2.45) is 0 Å². The van der Waals surface area contributed by atoms with Gasteiger partial charge in [-0.3, -0.25) is 9.59 Å². The second-order valence-corrected chi connectivity index (χ2v) is 8.64. The fourth-order valence-corrected chi connectivity index (χ4v) is 3.92. The van der Waals surface area contributed by atoms with Crippen LogP contribution in [-0.2, 0) is 6.18 Å². The molecule has 1 unspecified atom stereocenters. The van der Waals surface area contributed by atoms with Gasteiger partial charge in [0.25, 0.3) is 11.8 Å². The van der Waals surface area contributed by atoms with Crippen molar-refractivity contribution in [2.45, 2.75) is 19.1 Å². The first-order valence-electron chi connectivity index (χ1n) is 9.67. The zero-order valence-corrected chi connectivity index (χ0v) is 20.0. The van der Waals surface area contributed by atoms with Gasteiger partial charge in [-0.2, -0.15) is 13.2 Å². The molecule has 35 heavy (non-hydrogen) atoms. The van der Waals surface area contributed by atoms with E-state index in [9.17, 15) is 22.8 Å². The summed E-state index contributed by atoms with van der Waals surface area (Å²) < 4.78 is 39.0. The van der Waals surface area contributed by atoms with E-state index in [1.807, 2.05) is 0 Å². The summed E-state index contributed by atoms with van der Waals surface area (Å²) in [4.78, 5) is 40.7. The van der Waals surface area contributed by atoms with Crippen LogP contribution in [0.1, 0.15) is 43.7 Å². The predicted octanol–water partition coefficient (Wildman–Crippen LogP) is 3.80. The van der Waals surface area contributed by atoms with Gasteiger partial charge in [-0.25, -0.2) is 19.9 Å². The number of amides is 2. The SMILES string of the molecule is CC(NC(=O)c1ncnc(NCCO)c1Cl)c1ncc(C(=O)Nc2cc(C(F)(F)F)c(Cl)cn2)s1. The maximum Gasteiger partial charge on any atom is 0.418 e.